The minimum atomic E-state index is -1.33. The second kappa shape index (κ2) is 6.61. The first-order valence-electron chi connectivity index (χ1n) is 2.13. The average molecular weight is 133 g/mol. The SMILES string of the molecule is CC(N)=CN.NC(=O)O. The largest absolute Gasteiger partial charge is 0.465 e. The van der Waals surface area contributed by atoms with Gasteiger partial charge in [0, 0.05) is 11.9 Å². The van der Waals surface area contributed by atoms with Crippen molar-refractivity contribution in [2.45, 2.75) is 6.92 Å². The molecule has 0 atom stereocenters. The maximum atomic E-state index is 8.78. The molecule has 54 valence electrons. The van der Waals surface area contributed by atoms with E-state index in [0.29, 0.717) is 5.70 Å². The highest BCUT2D eigenvalue weighted by Gasteiger charge is 1.65. The van der Waals surface area contributed by atoms with Gasteiger partial charge in [0.2, 0.25) is 0 Å². The number of amides is 1. The molecule has 0 spiro atoms. The Labute approximate surface area is 53.1 Å². The third-order valence-electron chi connectivity index (χ3n) is 0.263. The zero-order valence-electron chi connectivity index (χ0n) is 5.16. The van der Waals surface area contributed by atoms with Crippen LogP contribution in [0, 0.1) is 0 Å². The van der Waals surface area contributed by atoms with Gasteiger partial charge in [-0.15, -0.1) is 0 Å². The molecule has 0 bridgehead atoms. The summed E-state index contributed by atoms with van der Waals surface area (Å²) in [6.45, 7) is 1.74. The summed E-state index contributed by atoms with van der Waals surface area (Å²) in [7, 11) is 0. The van der Waals surface area contributed by atoms with Gasteiger partial charge in [-0.2, -0.15) is 0 Å². The number of carbonyl (C=O) groups is 1. The van der Waals surface area contributed by atoms with Crippen LogP contribution in [-0.4, -0.2) is 11.2 Å². The van der Waals surface area contributed by atoms with Gasteiger partial charge in [-0.25, -0.2) is 4.79 Å². The van der Waals surface area contributed by atoms with Crippen molar-refractivity contribution in [3.05, 3.63) is 11.9 Å². The highest BCUT2D eigenvalue weighted by Crippen LogP contribution is 1.65. The number of nitrogens with two attached hydrogens (primary N) is 3. The summed E-state index contributed by atoms with van der Waals surface area (Å²) in [6.07, 6.45) is 0.0278. The lowest BCUT2D eigenvalue weighted by atomic mass is 10.6. The Kier molecular flexibility index (Phi) is 7.76. The minimum absolute atomic E-state index is 0.657. The van der Waals surface area contributed by atoms with Crippen LogP contribution in [0.2, 0.25) is 0 Å². The van der Waals surface area contributed by atoms with Crippen LogP contribution < -0.4 is 17.2 Å². The number of rotatable bonds is 0. The van der Waals surface area contributed by atoms with Crippen LogP contribution >= 0.6 is 0 Å². The fraction of sp³-hybridized carbons (Fsp3) is 0.250. The summed E-state index contributed by atoms with van der Waals surface area (Å²) < 4.78 is 0. The monoisotopic (exact) mass is 133 g/mol. The highest BCUT2D eigenvalue weighted by molar-refractivity contribution is 5.61. The molecule has 0 radical (unpaired) electrons. The molecule has 0 aromatic heterocycles. The Hall–Kier alpha value is -1.39. The maximum Gasteiger partial charge on any atom is 0.402 e. The lowest BCUT2D eigenvalue weighted by Gasteiger charge is -1.76. The predicted molar refractivity (Wildman–Crippen MR) is 34.3 cm³/mol. The first kappa shape index (κ1) is 10.6. The molecule has 0 rings (SSSR count). The molecular weight excluding hydrogens is 122 g/mol. The van der Waals surface area contributed by atoms with Gasteiger partial charge >= 0.3 is 6.09 Å². The second-order valence-electron chi connectivity index (χ2n) is 1.25. The molecule has 0 aliphatic carbocycles. The van der Waals surface area contributed by atoms with Gasteiger partial charge in [0.05, 0.1) is 0 Å². The molecule has 0 heterocycles. The molecule has 1 amide bonds. The Morgan fingerprint density at radius 2 is 1.67 bits per heavy atom. The minimum Gasteiger partial charge on any atom is -0.465 e. The highest BCUT2D eigenvalue weighted by atomic mass is 16.4. The topological polar surface area (TPSA) is 115 Å². The van der Waals surface area contributed by atoms with Gasteiger partial charge in [-0.05, 0) is 6.92 Å². The second-order valence-corrected chi connectivity index (χ2v) is 1.25. The molecule has 7 N–H and O–H groups in total. The van der Waals surface area contributed by atoms with Crippen LogP contribution in [-0.2, 0) is 0 Å². The van der Waals surface area contributed by atoms with Gasteiger partial charge in [0.1, 0.15) is 0 Å². The van der Waals surface area contributed by atoms with E-state index >= 15 is 0 Å². The standard InChI is InChI=1S/C3H8N2.CH3NO2/c1-3(5)2-4;2-1(3)4/h2H,4-5H2,1H3;2H2,(H,3,4). The van der Waals surface area contributed by atoms with Crippen molar-refractivity contribution in [3.63, 3.8) is 0 Å². The number of hydrogen-bond acceptors (Lipinski definition) is 3. The Bertz CT molecular complexity index is 102. The van der Waals surface area contributed by atoms with E-state index in [2.05, 4.69) is 5.73 Å². The third-order valence-corrected chi connectivity index (χ3v) is 0.263. The van der Waals surface area contributed by atoms with Crippen LogP contribution in [0.5, 0.6) is 0 Å². The van der Waals surface area contributed by atoms with Crippen LogP contribution in [0.25, 0.3) is 0 Å². The van der Waals surface area contributed by atoms with Gasteiger partial charge in [-0.3, -0.25) is 0 Å². The normalized spacial score (nSPS) is 9.22. The van der Waals surface area contributed by atoms with E-state index in [4.69, 9.17) is 21.4 Å². The van der Waals surface area contributed by atoms with Crippen LogP contribution in [0.3, 0.4) is 0 Å². The van der Waals surface area contributed by atoms with Crippen molar-refractivity contribution in [1.82, 2.24) is 0 Å². The number of primary amides is 1. The van der Waals surface area contributed by atoms with Crippen molar-refractivity contribution < 1.29 is 9.90 Å². The Morgan fingerprint density at radius 3 is 1.67 bits per heavy atom. The molecule has 9 heavy (non-hydrogen) atoms. The quantitative estimate of drug-likeness (QED) is 0.352. The lowest BCUT2D eigenvalue weighted by molar-refractivity contribution is 0.205. The lowest BCUT2D eigenvalue weighted by Crippen LogP contribution is -2.03. The van der Waals surface area contributed by atoms with E-state index in [-0.39, 0.29) is 0 Å². The molecule has 5 nitrogen and oxygen atoms in total. The van der Waals surface area contributed by atoms with Crippen molar-refractivity contribution in [2.75, 3.05) is 0 Å². The first-order chi connectivity index (χ1) is 4.00. The smallest absolute Gasteiger partial charge is 0.402 e. The van der Waals surface area contributed by atoms with E-state index in [0.717, 1.165) is 0 Å². The Morgan fingerprint density at radius 1 is 1.56 bits per heavy atom. The van der Waals surface area contributed by atoms with Crippen LogP contribution in [0.4, 0.5) is 4.79 Å². The van der Waals surface area contributed by atoms with Crippen LogP contribution in [0.15, 0.2) is 11.9 Å². The number of carboxylic acid groups (broad SMARTS) is 1. The zero-order valence-corrected chi connectivity index (χ0v) is 5.16. The van der Waals surface area contributed by atoms with Gasteiger partial charge in [0.15, 0.2) is 0 Å². The fourth-order valence-electron chi connectivity index (χ4n) is 0. The molecule has 0 aromatic rings. The van der Waals surface area contributed by atoms with Crippen molar-refractivity contribution in [1.29, 1.82) is 0 Å². The van der Waals surface area contributed by atoms with Gasteiger partial charge < -0.3 is 22.3 Å². The molecule has 0 saturated heterocycles. The number of hydrogen-bond donors (Lipinski definition) is 4. The number of allylic oxidation sites excluding steroid dienone is 1. The van der Waals surface area contributed by atoms with E-state index in [1.165, 1.54) is 6.20 Å². The third kappa shape index (κ3) is 378. The summed E-state index contributed by atoms with van der Waals surface area (Å²) in [4.78, 5) is 8.78. The van der Waals surface area contributed by atoms with Gasteiger partial charge in [-0.1, -0.05) is 0 Å². The molecule has 0 saturated carbocycles. The van der Waals surface area contributed by atoms with Crippen LogP contribution in [0.1, 0.15) is 6.92 Å². The molecule has 0 fully saturated rings. The van der Waals surface area contributed by atoms with E-state index < -0.39 is 6.09 Å². The first-order valence-corrected chi connectivity index (χ1v) is 2.13. The van der Waals surface area contributed by atoms with Crippen molar-refractivity contribution in [2.24, 2.45) is 17.2 Å². The summed E-state index contributed by atoms with van der Waals surface area (Å²) >= 11 is 0. The van der Waals surface area contributed by atoms with E-state index in [1.54, 1.807) is 6.92 Å². The molecule has 0 aliphatic rings. The molecule has 0 aliphatic heterocycles. The maximum absolute atomic E-state index is 8.78. The molecular formula is C4H11N3O2. The van der Waals surface area contributed by atoms with E-state index in [9.17, 15) is 0 Å². The zero-order chi connectivity index (χ0) is 7.86. The molecule has 0 unspecified atom stereocenters. The van der Waals surface area contributed by atoms with Crippen molar-refractivity contribution >= 4 is 6.09 Å². The Balaban J connectivity index is 0. The predicted octanol–water partition coefficient (Wildman–Crippen LogP) is -0.612. The summed E-state index contributed by atoms with van der Waals surface area (Å²) in [5.41, 5.74) is 14.6. The molecule has 5 heteroatoms. The fourth-order valence-corrected chi connectivity index (χ4v) is 0. The molecule has 0 aromatic carbocycles. The van der Waals surface area contributed by atoms with Crippen molar-refractivity contribution in [3.8, 4) is 0 Å². The summed E-state index contributed by atoms with van der Waals surface area (Å²) in [5.74, 6) is 0. The van der Waals surface area contributed by atoms with Gasteiger partial charge in [0.25, 0.3) is 0 Å². The van der Waals surface area contributed by atoms with E-state index in [1.807, 2.05) is 0 Å². The summed E-state index contributed by atoms with van der Waals surface area (Å²) in [5, 5.41) is 7.19. The average Bonchev–Trinajstić information content (AvgIpc) is 1.65. The summed E-state index contributed by atoms with van der Waals surface area (Å²) in [6, 6.07) is 0.